The largest absolute Gasteiger partial charge is 0.383 e. The highest BCUT2D eigenvalue weighted by atomic mass is 35.5. The summed E-state index contributed by atoms with van der Waals surface area (Å²) in [6.07, 6.45) is 3.40. The summed E-state index contributed by atoms with van der Waals surface area (Å²) in [4.78, 5) is 34.6. The summed E-state index contributed by atoms with van der Waals surface area (Å²) in [5, 5.41) is 23.9. The number of pyridine rings is 5. The molecule has 3 N–H and O–H groups in total. The van der Waals surface area contributed by atoms with Gasteiger partial charge in [0.25, 0.3) is 0 Å². The molecule has 15 nitrogen and oxygen atoms in total. The number of aromatic nitrogens is 7. The number of nitrogens with zero attached hydrogens (tertiary/aromatic N) is 11. The zero-order valence-electron chi connectivity index (χ0n) is 36.4. The van der Waals surface area contributed by atoms with E-state index in [9.17, 15) is 14.0 Å². The van der Waals surface area contributed by atoms with Crippen molar-refractivity contribution >= 4 is 62.4 Å². The lowest BCUT2D eigenvalue weighted by atomic mass is 10.0. The highest BCUT2D eigenvalue weighted by Gasteiger charge is 2.19. The van der Waals surface area contributed by atoms with Crippen LogP contribution in [-0.4, -0.2) is 87.5 Å². The third kappa shape index (κ3) is 10.8. The minimum Gasteiger partial charge on any atom is -0.383 e. The molecule has 8 aromatic rings. The second-order valence-electron chi connectivity index (χ2n) is 15.2. The molecule has 0 unspecified atom stereocenters. The van der Waals surface area contributed by atoms with Crippen molar-refractivity contribution in [1.29, 1.82) is 10.5 Å². The fourth-order valence-electron chi connectivity index (χ4n) is 7.45. The van der Waals surface area contributed by atoms with Crippen LogP contribution in [-0.2, 0) is 9.47 Å². The fourth-order valence-corrected chi connectivity index (χ4v) is 7.70. The smallest absolute Gasteiger partial charge is 0.228 e. The van der Waals surface area contributed by atoms with Gasteiger partial charge in [0.15, 0.2) is 0 Å². The molecule has 0 radical (unpaired) electrons. The van der Waals surface area contributed by atoms with E-state index in [1.165, 1.54) is 30.3 Å². The van der Waals surface area contributed by atoms with Crippen molar-refractivity contribution in [3.05, 3.63) is 143 Å². The zero-order chi connectivity index (χ0) is 46.9. The van der Waals surface area contributed by atoms with Crippen LogP contribution in [0.15, 0.2) is 103 Å². The molecule has 10 rings (SSSR count). The first-order chi connectivity index (χ1) is 32.6. The Morgan fingerprint density at radius 3 is 1.78 bits per heavy atom. The number of ether oxygens (including phenoxy) is 2. The van der Waals surface area contributed by atoms with Gasteiger partial charge < -0.3 is 30.3 Å². The maximum atomic E-state index is 14.1. The van der Waals surface area contributed by atoms with Gasteiger partial charge in [0.05, 0.1) is 70.9 Å². The number of benzene rings is 2. The van der Waals surface area contributed by atoms with Crippen molar-refractivity contribution in [3.8, 4) is 34.9 Å². The topological polar surface area (TPSA) is 201 Å². The van der Waals surface area contributed by atoms with Gasteiger partial charge in [-0.3, -0.25) is 9.97 Å². The van der Waals surface area contributed by atoms with Gasteiger partial charge in [0.2, 0.25) is 5.95 Å². The number of hydrogen-bond acceptors (Lipinski definition) is 15. The van der Waals surface area contributed by atoms with Crippen molar-refractivity contribution in [1.82, 2.24) is 34.9 Å². The summed E-state index contributed by atoms with van der Waals surface area (Å²) >= 11 is 6.34. The number of nitrogen functional groups attached to an aromatic ring is 1. The van der Waals surface area contributed by atoms with Crippen molar-refractivity contribution in [2.75, 3.05) is 73.5 Å². The predicted octanol–water partition coefficient (Wildman–Crippen LogP) is 8.76. The maximum Gasteiger partial charge on any atom is 0.228 e. The summed E-state index contributed by atoms with van der Waals surface area (Å²) in [5.41, 5.74) is 13.2. The second kappa shape index (κ2) is 20.9. The number of nitrogens with two attached hydrogens (primary N) is 1. The highest BCUT2D eigenvalue weighted by molar-refractivity contribution is 6.36. The first-order valence-electron chi connectivity index (χ1n) is 21.2. The Hall–Kier alpha value is -7.96. The van der Waals surface area contributed by atoms with Crippen molar-refractivity contribution < 1.29 is 18.3 Å². The number of hydrogen-bond donors (Lipinski definition) is 2. The molecule has 2 saturated heterocycles. The van der Waals surface area contributed by atoms with Gasteiger partial charge in [-0.05, 0) is 74.0 Å². The van der Waals surface area contributed by atoms with Crippen LogP contribution < -0.4 is 20.9 Å². The van der Waals surface area contributed by atoms with E-state index in [-0.39, 0.29) is 11.6 Å². The molecule has 2 aromatic carbocycles. The Kier molecular flexibility index (Phi) is 14.2. The minimum absolute atomic E-state index is 0.295. The Morgan fingerprint density at radius 1 is 0.642 bits per heavy atom. The van der Waals surface area contributed by atoms with Gasteiger partial charge >= 0.3 is 0 Å². The molecule has 336 valence electrons. The molecule has 2 aliphatic heterocycles. The summed E-state index contributed by atoms with van der Waals surface area (Å²) in [5.74, 6) is 0.860. The fraction of sp³-hybridized carbons (Fsp3) is 0.204. The highest BCUT2D eigenvalue weighted by Crippen LogP contribution is 2.36. The molecular weight excluding hydrogens is 876 g/mol. The molecule has 0 saturated carbocycles. The third-order valence-corrected chi connectivity index (χ3v) is 11.3. The van der Waals surface area contributed by atoms with Crippen LogP contribution in [0.25, 0.3) is 44.6 Å². The molecule has 2 fully saturated rings. The number of rotatable bonds is 6. The Balaban J connectivity index is 0.000000151. The van der Waals surface area contributed by atoms with Gasteiger partial charge in [-0.1, -0.05) is 23.7 Å². The van der Waals surface area contributed by atoms with Gasteiger partial charge in [-0.15, -0.1) is 0 Å². The van der Waals surface area contributed by atoms with Crippen molar-refractivity contribution in [3.63, 3.8) is 0 Å². The third-order valence-electron chi connectivity index (χ3n) is 10.8. The van der Waals surface area contributed by atoms with E-state index < -0.39 is 0 Å². The average Bonchev–Trinajstić information content (AvgIpc) is 3.37. The first kappa shape index (κ1) is 45.6. The number of nitrogens with one attached hydrogen (secondary N) is 1. The SMILES string of the molecule is Cc1c(-c2ccccn2)nc2cc(F)ccc2c1Cl.Cc1c(-c2ccccn2)nc2cc(F)ccc2c1Nc1cc(C#N)nc(N2CCOCC2)c1.N#Cc1cc(N)nc(N2CCOCC2)n1. The number of nitriles is 2. The van der Waals surface area contributed by atoms with E-state index in [4.69, 9.17) is 37.1 Å². The predicted molar refractivity (Wildman–Crippen MR) is 254 cm³/mol. The van der Waals surface area contributed by atoms with Crippen molar-refractivity contribution in [2.45, 2.75) is 13.8 Å². The monoisotopic (exact) mass is 917 g/mol. The molecule has 2 aliphatic rings. The van der Waals surface area contributed by atoms with E-state index in [2.05, 4.69) is 46.2 Å². The number of fused-ring (bicyclic) bond motifs is 2. The van der Waals surface area contributed by atoms with Gasteiger partial charge in [-0.2, -0.15) is 15.5 Å². The molecule has 67 heavy (non-hydrogen) atoms. The molecule has 0 spiro atoms. The van der Waals surface area contributed by atoms with Crippen LogP contribution in [0, 0.1) is 48.1 Å². The van der Waals surface area contributed by atoms with Crippen LogP contribution in [0.1, 0.15) is 22.5 Å². The summed E-state index contributed by atoms with van der Waals surface area (Å²) in [6.45, 7) is 9.27. The first-order valence-corrected chi connectivity index (χ1v) is 21.5. The van der Waals surface area contributed by atoms with E-state index in [1.807, 2.05) is 67.3 Å². The molecule has 0 aliphatic carbocycles. The van der Waals surface area contributed by atoms with E-state index >= 15 is 0 Å². The Morgan fingerprint density at radius 2 is 1.19 bits per heavy atom. The number of halogens is 3. The van der Waals surface area contributed by atoms with Crippen LogP contribution in [0.4, 0.5) is 37.7 Å². The lowest BCUT2D eigenvalue weighted by molar-refractivity contribution is 0.122. The van der Waals surface area contributed by atoms with E-state index in [0.29, 0.717) is 102 Å². The molecule has 0 bridgehead atoms. The molecule has 18 heteroatoms. The quantitative estimate of drug-likeness (QED) is 0.160. The molecule has 8 heterocycles. The zero-order valence-corrected chi connectivity index (χ0v) is 37.2. The number of anilines is 5. The van der Waals surface area contributed by atoms with E-state index in [1.54, 1.807) is 30.6 Å². The average molecular weight is 918 g/mol. The van der Waals surface area contributed by atoms with Gasteiger partial charge in [-0.25, -0.2) is 28.7 Å². The Labute approximate surface area is 389 Å². The summed E-state index contributed by atoms with van der Waals surface area (Å²) in [7, 11) is 0. The number of morpholine rings is 2. The van der Waals surface area contributed by atoms with Crippen LogP contribution >= 0.6 is 11.6 Å². The second-order valence-corrected chi connectivity index (χ2v) is 15.6. The maximum absolute atomic E-state index is 14.1. The Bertz CT molecular complexity index is 3140. The van der Waals surface area contributed by atoms with E-state index in [0.717, 1.165) is 52.1 Å². The van der Waals surface area contributed by atoms with Crippen LogP contribution in [0.3, 0.4) is 0 Å². The van der Waals surface area contributed by atoms with Gasteiger partial charge in [0, 0.05) is 84.9 Å². The summed E-state index contributed by atoms with van der Waals surface area (Å²) < 4.78 is 38.0. The summed E-state index contributed by atoms with van der Waals surface area (Å²) in [6, 6.07) is 29.3. The van der Waals surface area contributed by atoms with Crippen LogP contribution in [0.2, 0.25) is 5.02 Å². The molecule has 6 aromatic heterocycles. The van der Waals surface area contributed by atoms with Crippen LogP contribution in [0.5, 0.6) is 0 Å². The standard InChI is InChI=1S/C25H21FN6O.C15H10ClFN2.C9H11N5O/c1-16-24(30-18-13-19(15-27)29-23(14-18)32-8-10-33-11-9-32)20-6-5-17(26)12-22(20)31-25(16)21-4-2-3-7-28-21;1-9-14(16)11-6-5-10(17)8-13(11)19-15(9)12-4-2-3-7-18-12;10-6-7-5-8(11)13-9(12-7)14-1-3-15-4-2-14/h2-7,12-14H,8-11H2,1H3,(H,29,30,31);2-8H,1H3;5H,1-4H2,(H2,11,12,13). The molecular formula is C49H42ClF2N13O2. The normalized spacial score (nSPS) is 13.4. The lowest BCUT2D eigenvalue weighted by Crippen LogP contribution is -2.37. The van der Waals surface area contributed by atoms with Crippen molar-refractivity contribution in [2.24, 2.45) is 0 Å². The lowest BCUT2D eigenvalue weighted by Gasteiger charge is -2.28. The molecule has 0 atom stereocenters. The molecule has 0 amide bonds. The minimum atomic E-state index is -0.359. The van der Waals surface area contributed by atoms with Gasteiger partial charge in [0.1, 0.15) is 46.8 Å².